The quantitative estimate of drug-likeness (QED) is 0.426. The van der Waals surface area contributed by atoms with Crippen LogP contribution in [0.2, 0.25) is 0 Å². The van der Waals surface area contributed by atoms with Gasteiger partial charge in [0, 0.05) is 0 Å². The standard InChI is InChI=1S/C14H16F12/c1-9(11(15,16)17,12(18,19)20)7-3-5-8(6-4-7)10(2,13(21,22)23)14(24,25)26/h7-8H,3-6H2,1-2H3. The van der Waals surface area contributed by atoms with Crippen molar-refractivity contribution in [2.75, 3.05) is 0 Å². The van der Waals surface area contributed by atoms with Gasteiger partial charge in [-0.05, 0) is 51.4 Å². The second kappa shape index (κ2) is 6.35. The van der Waals surface area contributed by atoms with Crippen molar-refractivity contribution in [3.63, 3.8) is 0 Å². The maximum Gasteiger partial charge on any atom is 0.403 e. The van der Waals surface area contributed by atoms with Crippen LogP contribution in [-0.2, 0) is 0 Å². The molecule has 0 aromatic rings. The molecule has 0 aromatic heterocycles. The van der Waals surface area contributed by atoms with Gasteiger partial charge in [0.05, 0.1) is 0 Å². The molecule has 0 amide bonds. The van der Waals surface area contributed by atoms with Crippen molar-refractivity contribution in [3.8, 4) is 0 Å². The van der Waals surface area contributed by atoms with Crippen LogP contribution in [0.4, 0.5) is 52.7 Å². The summed E-state index contributed by atoms with van der Waals surface area (Å²) in [5.74, 6) is -4.30. The SMILES string of the molecule is CC(C1CCC(C(C)(C(F)(F)F)C(F)(F)F)CC1)(C(F)(F)F)C(F)(F)F. The first-order valence-corrected chi connectivity index (χ1v) is 7.48. The average molecular weight is 412 g/mol. The summed E-state index contributed by atoms with van der Waals surface area (Å²) in [4.78, 5) is 0. The molecule has 0 saturated heterocycles. The topological polar surface area (TPSA) is 0 Å². The fraction of sp³-hybridized carbons (Fsp3) is 1.00. The van der Waals surface area contributed by atoms with E-state index in [0.717, 1.165) is 0 Å². The number of rotatable bonds is 2. The van der Waals surface area contributed by atoms with Gasteiger partial charge in [-0.3, -0.25) is 0 Å². The predicted octanol–water partition coefficient (Wildman–Crippen LogP) is 7.05. The Bertz CT molecular complexity index is 410. The highest BCUT2D eigenvalue weighted by Gasteiger charge is 2.73. The first-order valence-electron chi connectivity index (χ1n) is 7.48. The minimum absolute atomic E-state index is 0.106. The van der Waals surface area contributed by atoms with Crippen LogP contribution in [0.25, 0.3) is 0 Å². The number of halogens is 12. The maximum absolute atomic E-state index is 13.0. The first-order chi connectivity index (χ1) is 11.2. The smallest absolute Gasteiger partial charge is 0.170 e. The third kappa shape index (κ3) is 3.48. The van der Waals surface area contributed by atoms with Crippen molar-refractivity contribution >= 4 is 0 Å². The molecule has 0 aromatic carbocycles. The molecule has 0 bridgehead atoms. The van der Waals surface area contributed by atoms with Gasteiger partial charge >= 0.3 is 24.7 Å². The molecule has 1 fully saturated rings. The van der Waals surface area contributed by atoms with E-state index in [1.807, 2.05) is 0 Å². The number of hydrogen-bond donors (Lipinski definition) is 0. The van der Waals surface area contributed by atoms with Crippen LogP contribution in [0.5, 0.6) is 0 Å². The van der Waals surface area contributed by atoms with E-state index >= 15 is 0 Å². The van der Waals surface area contributed by atoms with Crippen LogP contribution < -0.4 is 0 Å². The lowest BCUT2D eigenvalue weighted by molar-refractivity contribution is -0.367. The summed E-state index contributed by atoms with van der Waals surface area (Å²) >= 11 is 0. The van der Waals surface area contributed by atoms with Crippen LogP contribution in [-0.4, -0.2) is 24.7 Å². The van der Waals surface area contributed by atoms with Crippen molar-refractivity contribution in [3.05, 3.63) is 0 Å². The van der Waals surface area contributed by atoms with E-state index in [1.54, 1.807) is 0 Å². The van der Waals surface area contributed by atoms with E-state index in [2.05, 4.69) is 0 Å². The third-order valence-corrected chi connectivity index (χ3v) is 5.72. The van der Waals surface area contributed by atoms with E-state index in [4.69, 9.17) is 0 Å². The van der Waals surface area contributed by atoms with Crippen molar-refractivity contribution in [2.24, 2.45) is 22.7 Å². The highest BCUT2D eigenvalue weighted by atomic mass is 19.4. The zero-order chi connectivity index (χ0) is 21.0. The normalized spacial score (nSPS) is 24.7. The molecule has 0 N–H and O–H groups in total. The molecule has 12 heteroatoms. The van der Waals surface area contributed by atoms with E-state index in [0.29, 0.717) is 0 Å². The Morgan fingerprint density at radius 3 is 0.692 bits per heavy atom. The Kier molecular flexibility index (Phi) is 5.67. The van der Waals surface area contributed by atoms with Gasteiger partial charge in [0.25, 0.3) is 0 Å². The summed E-state index contributed by atoms with van der Waals surface area (Å²) < 4.78 is 156. The fourth-order valence-corrected chi connectivity index (χ4v) is 3.50. The van der Waals surface area contributed by atoms with Gasteiger partial charge in [-0.1, -0.05) is 0 Å². The molecule has 0 heterocycles. The molecule has 156 valence electrons. The van der Waals surface area contributed by atoms with Crippen molar-refractivity contribution in [1.29, 1.82) is 0 Å². The zero-order valence-corrected chi connectivity index (χ0v) is 13.5. The molecule has 0 aliphatic heterocycles. The number of alkyl halides is 12. The van der Waals surface area contributed by atoms with Crippen molar-refractivity contribution in [2.45, 2.75) is 64.2 Å². The molecule has 1 saturated carbocycles. The second-order valence-electron chi connectivity index (χ2n) is 6.94. The molecular weight excluding hydrogens is 396 g/mol. The minimum atomic E-state index is -5.74. The van der Waals surface area contributed by atoms with Gasteiger partial charge in [0.15, 0.2) is 10.8 Å². The maximum atomic E-state index is 13.0. The summed E-state index contributed by atoms with van der Waals surface area (Å²) in [7, 11) is 0. The van der Waals surface area contributed by atoms with E-state index < -0.39 is 73.1 Å². The predicted molar refractivity (Wildman–Crippen MR) is 65.9 cm³/mol. The molecule has 26 heavy (non-hydrogen) atoms. The molecule has 1 aliphatic rings. The van der Waals surface area contributed by atoms with E-state index in [9.17, 15) is 52.7 Å². The Labute approximate surface area is 140 Å². The van der Waals surface area contributed by atoms with Gasteiger partial charge in [0.2, 0.25) is 0 Å². The van der Waals surface area contributed by atoms with Gasteiger partial charge in [-0.2, -0.15) is 52.7 Å². The van der Waals surface area contributed by atoms with Crippen molar-refractivity contribution in [1.82, 2.24) is 0 Å². The highest BCUT2D eigenvalue weighted by molar-refractivity contribution is 5.01. The Hall–Kier alpha value is -0.840. The van der Waals surface area contributed by atoms with Crippen LogP contribution in [0.1, 0.15) is 39.5 Å². The van der Waals surface area contributed by atoms with E-state index in [-0.39, 0.29) is 13.8 Å². The summed E-state index contributed by atoms with van der Waals surface area (Å²) in [6.07, 6.45) is -27.1. The molecule has 0 radical (unpaired) electrons. The molecule has 1 rings (SSSR count). The first kappa shape index (κ1) is 23.2. The Morgan fingerprint density at radius 1 is 0.423 bits per heavy atom. The van der Waals surface area contributed by atoms with Crippen LogP contribution >= 0.6 is 0 Å². The molecular formula is C14H16F12. The minimum Gasteiger partial charge on any atom is -0.170 e. The van der Waals surface area contributed by atoms with Gasteiger partial charge in [-0.15, -0.1) is 0 Å². The van der Waals surface area contributed by atoms with E-state index in [1.165, 1.54) is 0 Å². The summed E-state index contributed by atoms with van der Waals surface area (Å²) in [5, 5.41) is 0. The molecule has 0 unspecified atom stereocenters. The van der Waals surface area contributed by atoms with Gasteiger partial charge < -0.3 is 0 Å². The lowest BCUT2D eigenvalue weighted by atomic mass is 9.61. The third-order valence-electron chi connectivity index (χ3n) is 5.72. The zero-order valence-electron chi connectivity index (χ0n) is 13.5. The number of hydrogen-bond acceptors (Lipinski definition) is 0. The average Bonchev–Trinajstić information content (AvgIpc) is 2.40. The Morgan fingerprint density at radius 2 is 0.577 bits per heavy atom. The highest BCUT2D eigenvalue weighted by Crippen LogP contribution is 2.62. The van der Waals surface area contributed by atoms with Crippen molar-refractivity contribution < 1.29 is 52.7 Å². The monoisotopic (exact) mass is 412 g/mol. The van der Waals surface area contributed by atoms with Crippen LogP contribution in [0, 0.1) is 22.7 Å². The largest absolute Gasteiger partial charge is 0.403 e. The second-order valence-corrected chi connectivity index (χ2v) is 6.94. The molecule has 1 aliphatic carbocycles. The summed E-state index contributed by atoms with van der Waals surface area (Å²) in [6, 6.07) is 0. The summed E-state index contributed by atoms with van der Waals surface area (Å²) in [6.45, 7) is -0.213. The Balaban J connectivity index is 3.16. The lowest BCUT2D eigenvalue weighted by Gasteiger charge is -2.47. The van der Waals surface area contributed by atoms with Crippen LogP contribution in [0.15, 0.2) is 0 Å². The van der Waals surface area contributed by atoms with Gasteiger partial charge in [0.1, 0.15) is 0 Å². The summed E-state index contributed by atoms with van der Waals surface area (Å²) in [5.41, 5.74) is -8.39. The lowest BCUT2D eigenvalue weighted by Crippen LogP contribution is -2.56. The molecule has 0 spiro atoms. The van der Waals surface area contributed by atoms with Crippen LogP contribution in [0.3, 0.4) is 0 Å². The van der Waals surface area contributed by atoms with Gasteiger partial charge in [-0.25, -0.2) is 0 Å². The molecule has 0 nitrogen and oxygen atoms in total. The fourth-order valence-electron chi connectivity index (χ4n) is 3.50. The molecule has 0 atom stereocenters.